The van der Waals surface area contributed by atoms with Crippen LogP contribution in [-0.2, 0) is 6.54 Å². The van der Waals surface area contributed by atoms with Gasteiger partial charge in [-0.05, 0) is 38.1 Å². The Balaban J connectivity index is 1.84. The number of benzene rings is 1. The largest absolute Gasteiger partial charge is 0.467 e. The maximum atomic E-state index is 12.5. The fourth-order valence-corrected chi connectivity index (χ4v) is 2.61. The van der Waals surface area contributed by atoms with Crippen LogP contribution in [0, 0.1) is 24.0 Å². The number of hydrogen-bond acceptors (Lipinski definition) is 5. The smallest absolute Gasteiger partial charge is 0.269 e. The van der Waals surface area contributed by atoms with E-state index in [-0.39, 0.29) is 18.1 Å². The average molecular weight is 340 g/mol. The normalized spacial score (nSPS) is 10.6. The Labute approximate surface area is 143 Å². The number of nitrogens with one attached hydrogen (secondary N) is 1. The topological polar surface area (TPSA) is 103 Å². The molecule has 0 saturated carbocycles. The van der Waals surface area contributed by atoms with E-state index in [2.05, 4.69) is 10.4 Å². The Bertz CT molecular complexity index is 911. The molecule has 0 radical (unpaired) electrons. The summed E-state index contributed by atoms with van der Waals surface area (Å²) in [4.78, 5) is 22.8. The Morgan fingerprint density at radius 1 is 1.28 bits per heavy atom. The Hall–Kier alpha value is -3.42. The monoisotopic (exact) mass is 340 g/mol. The first kappa shape index (κ1) is 16.4. The first-order valence-corrected chi connectivity index (χ1v) is 7.59. The maximum absolute atomic E-state index is 12.5. The summed E-state index contributed by atoms with van der Waals surface area (Å²) in [7, 11) is 0. The molecule has 0 aliphatic carbocycles. The van der Waals surface area contributed by atoms with Crippen molar-refractivity contribution in [2.75, 3.05) is 0 Å². The van der Waals surface area contributed by atoms with Gasteiger partial charge in [0.25, 0.3) is 11.6 Å². The molecule has 2 aromatic heterocycles. The van der Waals surface area contributed by atoms with Gasteiger partial charge in [0.05, 0.1) is 40.4 Å². The van der Waals surface area contributed by atoms with Gasteiger partial charge in [-0.25, -0.2) is 4.68 Å². The average Bonchev–Trinajstić information content (AvgIpc) is 3.21. The summed E-state index contributed by atoms with van der Waals surface area (Å²) in [5.74, 6) is 0.408. The summed E-state index contributed by atoms with van der Waals surface area (Å²) in [6, 6.07) is 9.54. The van der Waals surface area contributed by atoms with Gasteiger partial charge in [0.1, 0.15) is 5.76 Å². The van der Waals surface area contributed by atoms with Crippen LogP contribution in [-0.4, -0.2) is 20.6 Å². The van der Waals surface area contributed by atoms with Crippen molar-refractivity contribution in [1.29, 1.82) is 0 Å². The van der Waals surface area contributed by atoms with Crippen molar-refractivity contribution in [3.63, 3.8) is 0 Å². The van der Waals surface area contributed by atoms with Crippen molar-refractivity contribution < 1.29 is 14.1 Å². The summed E-state index contributed by atoms with van der Waals surface area (Å²) >= 11 is 0. The number of aryl methyl sites for hydroxylation is 1. The highest BCUT2D eigenvalue weighted by atomic mass is 16.6. The summed E-state index contributed by atoms with van der Waals surface area (Å²) in [5.41, 5.74) is 2.36. The highest BCUT2D eigenvalue weighted by Crippen LogP contribution is 2.20. The van der Waals surface area contributed by atoms with E-state index in [4.69, 9.17) is 4.42 Å². The van der Waals surface area contributed by atoms with Gasteiger partial charge >= 0.3 is 0 Å². The third-order valence-electron chi connectivity index (χ3n) is 3.83. The number of aromatic nitrogens is 2. The van der Waals surface area contributed by atoms with Gasteiger partial charge in [-0.1, -0.05) is 0 Å². The molecule has 0 atom stereocenters. The number of nitro groups is 1. The molecule has 1 amide bonds. The SMILES string of the molecule is Cc1nn(-c2ccc([N+](=O)[O-])cc2)c(C)c1C(=O)NCc1ccco1. The number of non-ortho nitro benzene ring substituents is 1. The lowest BCUT2D eigenvalue weighted by Crippen LogP contribution is -2.23. The lowest BCUT2D eigenvalue weighted by Gasteiger charge is -2.06. The molecule has 25 heavy (non-hydrogen) atoms. The minimum Gasteiger partial charge on any atom is -0.467 e. The molecule has 8 heteroatoms. The Morgan fingerprint density at radius 2 is 2.00 bits per heavy atom. The molecule has 8 nitrogen and oxygen atoms in total. The zero-order valence-electron chi connectivity index (χ0n) is 13.7. The number of furan rings is 1. The predicted molar refractivity (Wildman–Crippen MR) is 89.6 cm³/mol. The highest BCUT2D eigenvalue weighted by molar-refractivity contribution is 5.96. The van der Waals surface area contributed by atoms with Crippen molar-refractivity contribution in [1.82, 2.24) is 15.1 Å². The van der Waals surface area contributed by atoms with E-state index in [1.54, 1.807) is 49.1 Å². The van der Waals surface area contributed by atoms with Gasteiger partial charge in [-0.2, -0.15) is 5.10 Å². The molecule has 0 spiro atoms. The van der Waals surface area contributed by atoms with Gasteiger partial charge in [0.15, 0.2) is 0 Å². The van der Waals surface area contributed by atoms with E-state index in [1.807, 2.05) is 0 Å². The van der Waals surface area contributed by atoms with Crippen LogP contribution in [0.3, 0.4) is 0 Å². The maximum Gasteiger partial charge on any atom is 0.269 e. The van der Waals surface area contributed by atoms with Gasteiger partial charge < -0.3 is 9.73 Å². The first-order chi connectivity index (χ1) is 12.0. The molecule has 3 aromatic rings. The van der Waals surface area contributed by atoms with Crippen molar-refractivity contribution in [2.24, 2.45) is 0 Å². The van der Waals surface area contributed by atoms with Gasteiger partial charge in [-0.3, -0.25) is 14.9 Å². The zero-order chi connectivity index (χ0) is 18.0. The number of amides is 1. The molecular weight excluding hydrogens is 324 g/mol. The molecule has 1 aromatic carbocycles. The van der Waals surface area contributed by atoms with Gasteiger partial charge in [-0.15, -0.1) is 0 Å². The van der Waals surface area contributed by atoms with Crippen molar-refractivity contribution in [2.45, 2.75) is 20.4 Å². The number of nitro benzene ring substituents is 1. The second-order valence-electron chi connectivity index (χ2n) is 5.49. The minimum absolute atomic E-state index is 0.00157. The Kier molecular flexibility index (Phi) is 4.34. The van der Waals surface area contributed by atoms with Crippen LogP contribution in [0.25, 0.3) is 5.69 Å². The molecule has 2 heterocycles. The second kappa shape index (κ2) is 6.60. The molecule has 3 rings (SSSR count). The van der Waals surface area contributed by atoms with E-state index in [0.717, 1.165) is 0 Å². The molecule has 0 saturated heterocycles. The lowest BCUT2D eigenvalue weighted by atomic mass is 10.2. The number of carbonyl (C=O) groups excluding carboxylic acids is 1. The second-order valence-corrected chi connectivity index (χ2v) is 5.49. The molecular formula is C17H16N4O4. The number of carbonyl (C=O) groups is 1. The minimum atomic E-state index is -0.460. The van der Waals surface area contributed by atoms with E-state index in [9.17, 15) is 14.9 Å². The van der Waals surface area contributed by atoms with Crippen LogP contribution < -0.4 is 5.32 Å². The summed E-state index contributed by atoms with van der Waals surface area (Å²) in [6.45, 7) is 3.81. The molecule has 0 unspecified atom stereocenters. The predicted octanol–water partition coefficient (Wildman–Crippen LogP) is 2.92. The molecule has 0 aliphatic heterocycles. The summed E-state index contributed by atoms with van der Waals surface area (Å²) < 4.78 is 6.79. The van der Waals surface area contributed by atoms with Crippen LogP contribution >= 0.6 is 0 Å². The van der Waals surface area contributed by atoms with Crippen LogP contribution in [0.5, 0.6) is 0 Å². The third kappa shape index (κ3) is 3.27. The highest BCUT2D eigenvalue weighted by Gasteiger charge is 2.19. The third-order valence-corrected chi connectivity index (χ3v) is 3.83. The number of hydrogen-bond donors (Lipinski definition) is 1. The fraction of sp³-hybridized carbons (Fsp3) is 0.176. The molecule has 0 aliphatic rings. The quantitative estimate of drug-likeness (QED) is 0.568. The lowest BCUT2D eigenvalue weighted by molar-refractivity contribution is -0.384. The van der Waals surface area contributed by atoms with Crippen molar-refractivity contribution in [3.05, 3.63) is 75.5 Å². The van der Waals surface area contributed by atoms with Crippen molar-refractivity contribution in [3.8, 4) is 5.69 Å². The van der Waals surface area contributed by atoms with Crippen LogP contribution in [0.4, 0.5) is 5.69 Å². The van der Waals surface area contributed by atoms with E-state index < -0.39 is 4.92 Å². The summed E-state index contributed by atoms with van der Waals surface area (Å²) in [6.07, 6.45) is 1.55. The Morgan fingerprint density at radius 3 is 2.60 bits per heavy atom. The van der Waals surface area contributed by atoms with Gasteiger partial charge in [0, 0.05) is 12.1 Å². The van der Waals surface area contributed by atoms with Crippen LogP contribution in [0.15, 0.2) is 47.1 Å². The standard InChI is InChI=1S/C17H16N4O4/c1-11-16(17(22)18-10-15-4-3-9-25-15)12(2)20(19-11)13-5-7-14(8-6-13)21(23)24/h3-9H,10H2,1-2H3,(H,18,22). The van der Waals surface area contributed by atoms with E-state index in [1.165, 1.54) is 12.1 Å². The molecule has 0 fully saturated rings. The van der Waals surface area contributed by atoms with E-state index >= 15 is 0 Å². The fourth-order valence-electron chi connectivity index (χ4n) is 2.61. The first-order valence-electron chi connectivity index (χ1n) is 7.59. The van der Waals surface area contributed by atoms with Crippen LogP contribution in [0.2, 0.25) is 0 Å². The summed E-state index contributed by atoms with van der Waals surface area (Å²) in [5, 5.41) is 17.9. The van der Waals surface area contributed by atoms with Crippen molar-refractivity contribution >= 4 is 11.6 Å². The molecule has 128 valence electrons. The number of rotatable bonds is 5. The molecule has 0 bridgehead atoms. The number of nitrogens with zero attached hydrogens (tertiary/aromatic N) is 3. The van der Waals surface area contributed by atoms with Gasteiger partial charge in [0.2, 0.25) is 0 Å². The van der Waals surface area contributed by atoms with E-state index in [0.29, 0.717) is 28.4 Å². The zero-order valence-corrected chi connectivity index (χ0v) is 13.7. The van der Waals surface area contributed by atoms with Crippen LogP contribution in [0.1, 0.15) is 27.5 Å². The molecule has 1 N–H and O–H groups in total.